The first-order chi connectivity index (χ1) is 9.99. The molecule has 0 bridgehead atoms. The van der Waals surface area contributed by atoms with E-state index >= 15 is 0 Å². The molecule has 110 valence electrons. The molecule has 0 aliphatic carbocycles. The van der Waals surface area contributed by atoms with E-state index in [4.69, 9.17) is 5.73 Å². The van der Waals surface area contributed by atoms with Crippen LogP contribution in [0.3, 0.4) is 0 Å². The quantitative estimate of drug-likeness (QED) is 0.897. The fraction of sp³-hybridized carbons (Fsp3) is 0.250. The summed E-state index contributed by atoms with van der Waals surface area (Å²) in [7, 11) is 1.64. The lowest BCUT2D eigenvalue weighted by molar-refractivity contribution is -0.120. The van der Waals surface area contributed by atoms with Gasteiger partial charge in [0.15, 0.2) is 0 Å². The van der Waals surface area contributed by atoms with Crippen molar-refractivity contribution in [1.29, 1.82) is 0 Å². The number of nitrogens with zero attached hydrogens (tertiary/aromatic N) is 1. The van der Waals surface area contributed by atoms with Crippen LogP contribution < -0.4 is 16.6 Å². The third-order valence-electron chi connectivity index (χ3n) is 3.49. The number of hydrogen-bond donors (Lipinski definition) is 2. The molecule has 0 aliphatic rings. The zero-order valence-electron chi connectivity index (χ0n) is 12.1. The summed E-state index contributed by atoms with van der Waals surface area (Å²) in [5, 5.41) is 2.78. The summed E-state index contributed by atoms with van der Waals surface area (Å²) < 4.78 is 1.41. The Hall–Kier alpha value is -2.40. The molecule has 1 heterocycles. The first-order valence-electron chi connectivity index (χ1n) is 6.77. The standard InChI is InChI=1S/C16H19N3O2/c1-11(15(17)12-6-4-3-5-7-12)16(21)18-13-8-9-14(20)19(2)10-13/h3-11,15H,17H2,1-2H3,(H,18,21). The van der Waals surface area contributed by atoms with Crippen LogP contribution in [0.2, 0.25) is 0 Å². The first-order valence-corrected chi connectivity index (χ1v) is 6.77. The van der Waals surface area contributed by atoms with E-state index in [-0.39, 0.29) is 23.4 Å². The van der Waals surface area contributed by atoms with E-state index < -0.39 is 0 Å². The number of anilines is 1. The average Bonchev–Trinajstić information content (AvgIpc) is 2.50. The summed E-state index contributed by atoms with van der Waals surface area (Å²) in [5.74, 6) is -0.561. The molecular formula is C16H19N3O2. The smallest absolute Gasteiger partial charge is 0.250 e. The minimum Gasteiger partial charge on any atom is -0.324 e. The van der Waals surface area contributed by atoms with Crippen molar-refractivity contribution in [3.8, 4) is 0 Å². The van der Waals surface area contributed by atoms with Crippen molar-refractivity contribution in [2.45, 2.75) is 13.0 Å². The van der Waals surface area contributed by atoms with Crippen molar-refractivity contribution in [3.05, 3.63) is 64.6 Å². The monoisotopic (exact) mass is 285 g/mol. The van der Waals surface area contributed by atoms with Gasteiger partial charge in [0.1, 0.15) is 0 Å². The van der Waals surface area contributed by atoms with Gasteiger partial charge in [-0.1, -0.05) is 37.3 Å². The first kappa shape index (κ1) is 15.0. The second-order valence-electron chi connectivity index (χ2n) is 5.08. The summed E-state index contributed by atoms with van der Waals surface area (Å²) in [5.41, 5.74) is 7.50. The van der Waals surface area contributed by atoms with E-state index in [1.165, 1.54) is 10.6 Å². The van der Waals surface area contributed by atoms with E-state index in [0.717, 1.165) is 5.56 Å². The predicted octanol–water partition coefficient (Wildman–Crippen LogP) is 1.66. The number of rotatable bonds is 4. The normalized spacial score (nSPS) is 13.5. The Kier molecular flexibility index (Phi) is 4.55. The molecule has 2 rings (SSSR count). The molecule has 2 unspecified atom stereocenters. The van der Waals surface area contributed by atoms with Gasteiger partial charge in [-0.25, -0.2) is 0 Å². The minimum absolute atomic E-state index is 0.123. The van der Waals surface area contributed by atoms with Gasteiger partial charge in [-0.15, -0.1) is 0 Å². The molecule has 0 fully saturated rings. The number of nitrogens with two attached hydrogens (primary N) is 1. The van der Waals surface area contributed by atoms with Gasteiger partial charge < -0.3 is 15.6 Å². The highest BCUT2D eigenvalue weighted by Crippen LogP contribution is 2.20. The number of aryl methyl sites for hydroxylation is 1. The summed E-state index contributed by atoms with van der Waals surface area (Å²) in [4.78, 5) is 23.6. The van der Waals surface area contributed by atoms with Crippen LogP contribution >= 0.6 is 0 Å². The molecule has 1 amide bonds. The second-order valence-corrected chi connectivity index (χ2v) is 5.08. The largest absolute Gasteiger partial charge is 0.324 e. The van der Waals surface area contributed by atoms with Crippen LogP contribution in [-0.2, 0) is 11.8 Å². The number of nitrogens with one attached hydrogen (secondary N) is 1. The number of pyridine rings is 1. The Morgan fingerprint density at radius 3 is 2.48 bits per heavy atom. The maximum absolute atomic E-state index is 12.2. The lowest BCUT2D eigenvalue weighted by Crippen LogP contribution is -2.31. The van der Waals surface area contributed by atoms with Crippen molar-refractivity contribution >= 4 is 11.6 Å². The maximum Gasteiger partial charge on any atom is 0.250 e. The Balaban J connectivity index is 2.09. The molecule has 5 nitrogen and oxygen atoms in total. The molecular weight excluding hydrogens is 266 g/mol. The number of benzene rings is 1. The highest BCUT2D eigenvalue weighted by atomic mass is 16.2. The number of aromatic nitrogens is 1. The van der Waals surface area contributed by atoms with E-state index in [2.05, 4.69) is 5.32 Å². The number of carbonyl (C=O) groups is 1. The summed E-state index contributed by atoms with van der Waals surface area (Å²) in [6.07, 6.45) is 1.58. The van der Waals surface area contributed by atoms with Gasteiger partial charge in [0, 0.05) is 25.4 Å². The number of carbonyl (C=O) groups excluding carboxylic acids is 1. The Morgan fingerprint density at radius 1 is 1.19 bits per heavy atom. The Labute approximate surface area is 123 Å². The number of hydrogen-bond acceptors (Lipinski definition) is 3. The van der Waals surface area contributed by atoms with E-state index in [1.807, 2.05) is 30.3 Å². The molecule has 0 spiro atoms. The zero-order valence-corrected chi connectivity index (χ0v) is 12.1. The van der Waals surface area contributed by atoms with Gasteiger partial charge in [0.05, 0.1) is 11.6 Å². The lowest BCUT2D eigenvalue weighted by atomic mass is 9.94. The molecule has 0 radical (unpaired) electrons. The molecule has 0 saturated carbocycles. The maximum atomic E-state index is 12.2. The Morgan fingerprint density at radius 2 is 1.86 bits per heavy atom. The zero-order chi connectivity index (χ0) is 15.4. The van der Waals surface area contributed by atoms with Gasteiger partial charge in [-0.3, -0.25) is 9.59 Å². The Bertz CT molecular complexity index is 679. The van der Waals surface area contributed by atoms with Crippen molar-refractivity contribution in [2.24, 2.45) is 18.7 Å². The highest BCUT2D eigenvalue weighted by Gasteiger charge is 2.22. The van der Waals surface area contributed by atoms with Crippen LogP contribution in [0.4, 0.5) is 5.69 Å². The molecule has 21 heavy (non-hydrogen) atoms. The van der Waals surface area contributed by atoms with Crippen LogP contribution in [0.5, 0.6) is 0 Å². The topological polar surface area (TPSA) is 77.1 Å². The van der Waals surface area contributed by atoms with E-state index in [1.54, 1.807) is 26.2 Å². The SMILES string of the molecule is CC(C(=O)Nc1ccc(=O)n(C)c1)C(N)c1ccccc1. The molecule has 3 N–H and O–H groups in total. The fourth-order valence-corrected chi connectivity index (χ4v) is 2.05. The van der Waals surface area contributed by atoms with Gasteiger partial charge in [-0.05, 0) is 11.6 Å². The molecule has 0 saturated heterocycles. The summed E-state index contributed by atoms with van der Waals surface area (Å²) in [6, 6.07) is 12.1. The molecule has 5 heteroatoms. The van der Waals surface area contributed by atoms with Crippen molar-refractivity contribution in [2.75, 3.05) is 5.32 Å². The summed E-state index contributed by atoms with van der Waals surface area (Å²) >= 11 is 0. The van der Waals surface area contributed by atoms with Crippen LogP contribution in [0.25, 0.3) is 0 Å². The molecule has 1 aromatic carbocycles. The van der Waals surface area contributed by atoms with Gasteiger partial charge in [-0.2, -0.15) is 0 Å². The van der Waals surface area contributed by atoms with Crippen molar-refractivity contribution in [1.82, 2.24) is 4.57 Å². The lowest BCUT2D eigenvalue weighted by Gasteiger charge is -2.20. The van der Waals surface area contributed by atoms with Crippen LogP contribution in [0.15, 0.2) is 53.5 Å². The molecule has 0 aliphatic heterocycles. The third kappa shape index (κ3) is 3.58. The molecule has 2 aromatic rings. The van der Waals surface area contributed by atoms with Gasteiger partial charge >= 0.3 is 0 Å². The third-order valence-corrected chi connectivity index (χ3v) is 3.49. The van der Waals surface area contributed by atoms with Crippen molar-refractivity contribution < 1.29 is 4.79 Å². The highest BCUT2D eigenvalue weighted by molar-refractivity contribution is 5.92. The number of amides is 1. The van der Waals surface area contributed by atoms with Crippen LogP contribution in [-0.4, -0.2) is 10.5 Å². The van der Waals surface area contributed by atoms with Gasteiger partial charge in [0.2, 0.25) is 11.5 Å². The summed E-state index contributed by atoms with van der Waals surface area (Å²) in [6.45, 7) is 1.79. The predicted molar refractivity (Wildman–Crippen MR) is 82.8 cm³/mol. The van der Waals surface area contributed by atoms with Gasteiger partial charge in [0.25, 0.3) is 0 Å². The van der Waals surface area contributed by atoms with E-state index in [9.17, 15) is 9.59 Å². The van der Waals surface area contributed by atoms with Crippen LogP contribution in [0, 0.1) is 5.92 Å². The van der Waals surface area contributed by atoms with E-state index in [0.29, 0.717) is 5.69 Å². The molecule has 1 aromatic heterocycles. The minimum atomic E-state index is -0.385. The average molecular weight is 285 g/mol. The fourth-order valence-electron chi connectivity index (χ4n) is 2.05. The second kappa shape index (κ2) is 6.37. The van der Waals surface area contributed by atoms with Crippen molar-refractivity contribution in [3.63, 3.8) is 0 Å². The molecule has 2 atom stereocenters. The van der Waals surface area contributed by atoms with Crippen LogP contribution in [0.1, 0.15) is 18.5 Å².